The first-order valence-corrected chi connectivity index (χ1v) is 11.2. The van der Waals surface area contributed by atoms with E-state index in [1.807, 2.05) is 49.6 Å². The molecule has 0 aliphatic heterocycles. The number of hydrogen-bond acceptors (Lipinski definition) is 4. The highest BCUT2D eigenvalue weighted by molar-refractivity contribution is 7.91. The highest BCUT2D eigenvalue weighted by Crippen LogP contribution is 2.32. The fraction of sp³-hybridized carbons (Fsp3) is 0.190. The summed E-state index contributed by atoms with van der Waals surface area (Å²) in [5.41, 5.74) is 2.59. The predicted octanol–water partition coefficient (Wildman–Crippen LogP) is 4.70. The van der Waals surface area contributed by atoms with Crippen LogP contribution in [0, 0.1) is 13.8 Å². The second-order valence-corrected chi connectivity index (χ2v) is 9.61. The largest absolute Gasteiger partial charge is 0.336 e. The van der Waals surface area contributed by atoms with E-state index in [0.717, 1.165) is 11.1 Å². The zero-order valence-electron chi connectivity index (χ0n) is 15.7. The fourth-order valence-electron chi connectivity index (χ4n) is 2.78. The van der Waals surface area contributed by atoms with E-state index < -0.39 is 21.1 Å². The summed E-state index contributed by atoms with van der Waals surface area (Å²) in [4.78, 5) is 13.2. The number of amides is 2. The van der Waals surface area contributed by atoms with Gasteiger partial charge in [0.15, 0.2) is 9.84 Å². The van der Waals surface area contributed by atoms with E-state index in [0.29, 0.717) is 10.6 Å². The van der Waals surface area contributed by atoms with E-state index in [-0.39, 0.29) is 11.4 Å². The molecule has 0 aliphatic carbocycles. The number of carbonyl (C=O) groups is 1. The molecule has 1 atom stereocenters. The van der Waals surface area contributed by atoms with Gasteiger partial charge in [-0.15, -0.1) is 11.3 Å². The van der Waals surface area contributed by atoms with Gasteiger partial charge in [0.25, 0.3) is 0 Å². The number of thiophene rings is 1. The van der Waals surface area contributed by atoms with E-state index in [1.54, 1.807) is 30.3 Å². The van der Waals surface area contributed by atoms with Crippen molar-refractivity contribution in [1.82, 2.24) is 5.32 Å². The minimum absolute atomic E-state index is 0.0194. The van der Waals surface area contributed by atoms with Crippen molar-refractivity contribution in [3.8, 4) is 0 Å². The number of anilines is 1. The standard InChI is InChI=1S/C21H22N2O3S2/c1-15-10-11-18(13-16(15)2)28(25,26)20(19-9-6-12-27-19)14-22-21(24)23-17-7-4-3-5-8-17/h3-13,20H,14H2,1-2H3,(H2,22,23,24)/t20-/m0/s1. The lowest BCUT2D eigenvalue weighted by molar-refractivity contribution is 0.252. The van der Waals surface area contributed by atoms with Gasteiger partial charge in [0.05, 0.1) is 4.90 Å². The molecule has 2 N–H and O–H groups in total. The molecule has 2 aromatic carbocycles. The number of benzene rings is 2. The summed E-state index contributed by atoms with van der Waals surface area (Å²) < 4.78 is 26.6. The summed E-state index contributed by atoms with van der Waals surface area (Å²) in [6.45, 7) is 3.81. The smallest absolute Gasteiger partial charge is 0.319 e. The number of para-hydroxylation sites is 1. The van der Waals surface area contributed by atoms with E-state index in [9.17, 15) is 13.2 Å². The van der Waals surface area contributed by atoms with Crippen LogP contribution in [0.4, 0.5) is 10.5 Å². The molecule has 1 heterocycles. The van der Waals surface area contributed by atoms with Gasteiger partial charge in [-0.1, -0.05) is 30.3 Å². The number of carbonyl (C=O) groups excluding carboxylic acids is 1. The SMILES string of the molecule is Cc1ccc(S(=O)(=O)[C@@H](CNC(=O)Nc2ccccc2)c2cccs2)cc1C. The molecule has 0 unspecified atom stereocenters. The van der Waals surface area contributed by atoms with Crippen LogP contribution in [0.15, 0.2) is 70.9 Å². The third kappa shape index (κ3) is 4.61. The van der Waals surface area contributed by atoms with Crippen LogP contribution < -0.4 is 10.6 Å². The molecule has 0 bridgehead atoms. The Balaban J connectivity index is 1.81. The lowest BCUT2D eigenvalue weighted by Crippen LogP contribution is -2.34. The summed E-state index contributed by atoms with van der Waals surface area (Å²) in [5.74, 6) is 0. The molecule has 0 spiro atoms. The van der Waals surface area contributed by atoms with Crippen LogP contribution in [0.2, 0.25) is 0 Å². The van der Waals surface area contributed by atoms with Crippen molar-refractivity contribution >= 4 is 32.9 Å². The summed E-state index contributed by atoms with van der Waals surface area (Å²) in [7, 11) is -3.66. The molecular weight excluding hydrogens is 392 g/mol. The van der Waals surface area contributed by atoms with Gasteiger partial charge in [-0.05, 0) is 60.7 Å². The van der Waals surface area contributed by atoms with Crippen molar-refractivity contribution in [2.75, 3.05) is 11.9 Å². The number of hydrogen-bond donors (Lipinski definition) is 2. The van der Waals surface area contributed by atoms with Crippen LogP contribution >= 0.6 is 11.3 Å². The van der Waals surface area contributed by atoms with Crippen LogP contribution in [0.25, 0.3) is 0 Å². The first-order valence-electron chi connectivity index (χ1n) is 8.82. The molecule has 0 radical (unpaired) electrons. The maximum Gasteiger partial charge on any atom is 0.319 e. The van der Waals surface area contributed by atoms with Gasteiger partial charge in [0.2, 0.25) is 0 Å². The molecule has 2 amide bonds. The number of aryl methyl sites for hydroxylation is 2. The molecule has 1 aromatic heterocycles. The van der Waals surface area contributed by atoms with Crippen LogP contribution in [-0.2, 0) is 9.84 Å². The van der Waals surface area contributed by atoms with Crippen molar-refractivity contribution in [2.45, 2.75) is 24.0 Å². The fourth-order valence-corrected chi connectivity index (χ4v) is 5.64. The van der Waals surface area contributed by atoms with Gasteiger partial charge in [0, 0.05) is 17.1 Å². The van der Waals surface area contributed by atoms with Crippen LogP contribution in [0.5, 0.6) is 0 Å². The number of urea groups is 1. The van der Waals surface area contributed by atoms with Gasteiger partial charge in [-0.25, -0.2) is 13.2 Å². The van der Waals surface area contributed by atoms with Gasteiger partial charge in [0.1, 0.15) is 5.25 Å². The van der Waals surface area contributed by atoms with E-state index in [4.69, 9.17) is 0 Å². The highest BCUT2D eigenvalue weighted by atomic mass is 32.2. The average molecular weight is 415 g/mol. The Morgan fingerprint density at radius 1 is 1.00 bits per heavy atom. The molecule has 0 saturated heterocycles. The maximum atomic E-state index is 13.3. The number of rotatable bonds is 6. The molecule has 0 fully saturated rings. The Labute approximate surface area is 169 Å². The number of nitrogens with one attached hydrogen (secondary N) is 2. The molecule has 7 heteroatoms. The minimum atomic E-state index is -3.66. The second-order valence-electron chi connectivity index (χ2n) is 6.50. The highest BCUT2D eigenvalue weighted by Gasteiger charge is 2.30. The lowest BCUT2D eigenvalue weighted by atomic mass is 10.1. The van der Waals surface area contributed by atoms with Gasteiger partial charge in [-0.3, -0.25) is 0 Å². The maximum absolute atomic E-state index is 13.3. The van der Waals surface area contributed by atoms with Crippen molar-refractivity contribution < 1.29 is 13.2 Å². The molecular formula is C21H22N2O3S2. The zero-order chi connectivity index (χ0) is 20.1. The summed E-state index contributed by atoms with van der Waals surface area (Å²) in [5, 5.41) is 6.39. The zero-order valence-corrected chi connectivity index (χ0v) is 17.3. The van der Waals surface area contributed by atoms with Crippen LogP contribution in [-0.4, -0.2) is 21.0 Å². The Morgan fingerprint density at radius 2 is 1.75 bits per heavy atom. The first kappa shape index (κ1) is 20.1. The lowest BCUT2D eigenvalue weighted by Gasteiger charge is -2.18. The Hall–Kier alpha value is -2.64. The van der Waals surface area contributed by atoms with Crippen molar-refractivity contribution in [1.29, 1.82) is 0 Å². The quantitative estimate of drug-likeness (QED) is 0.614. The Morgan fingerprint density at radius 3 is 2.39 bits per heavy atom. The molecule has 0 aliphatic rings. The van der Waals surface area contributed by atoms with Gasteiger partial charge < -0.3 is 10.6 Å². The Kier molecular flexibility index (Phi) is 6.16. The van der Waals surface area contributed by atoms with Crippen molar-refractivity contribution in [3.63, 3.8) is 0 Å². The summed E-state index contributed by atoms with van der Waals surface area (Å²) in [6, 6.07) is 17.3. The minimum Gasteiger partial charge on any atom is -0.336 e. The number of sulfone groups is 1. The van der Waals surface area contributed by atoms with Crippen LogP contribution in [0.1, 0.15) is 21.3 Å². The summed E-state index contributed by atoms with van der Waals surface area (Å²) >= 11 is 1.36. The van der Waals surface area contributed by atoms with Gasteiger partial charge >= 0.3 is 6.03 Å². The third-order valence-corrected chi connectivity index (χ3v) is 7.74. The normalized spacial score (nSPS) is 12.4. The Bertz CT molecular complexity index is 1050. The monoisotopic (exact) mass is 414 g/mol. The average Bonchev–Trinajstić information content (AvgIpc) is 3.19. The third-order valence-electron chi connectivity index (χ3n) is 4.52. The molecule has 146 valence electrons. The molecule has 5 nitrogen and oxygen atoms in total. The van der Waals surface area contributed by atoms with E-state index >= 15 is 0 Å². The molecule has 3 rings (SSSR count). The predicted molar refractivity (Wildman–Crippen MR) is 114 cm³/mol. The van der Waals surface area contributed by atoms with Crippen molar-refractivity contribution in [2.24, 2.45) is 0 Å². The van der Waals surface area contributed by atoms with Crippen LogP contribution in [0.3, 0.4) is 0 Å². The first-order chi connectivity index (χ1) is 13.4. The van der Waals surface area contributed by atoms with E-state index in [2.05, 4.69) is 10.6 Å². The second kappa shape index (κ2) is 8.58. The van der Waals surface area contributed by atoms with Gasteiger partial charge in [-0.2, -0.15) is 0 Å². The molecule has 3 aromatic rings. The topological polar surface area (TPSA) is 75.3 Å². The molecule has 0 saturated carbocycles. The van der Waals surface area contributed by atoms with Crippen molar-refractivity contribution in [3.05, 3.63) is 82.0 Å². The molecule has 28 heavy (non-hydrogen) atoms. The van der Waals surface area contributed by atoms with E-state index in [1.165, 1.54) is 11.3 Å². The summed E-state index contributed by atoms with van der Waals surface area (Å²) in [6.07, 6.45) is 0.